The summed E-state index contributed by atoms with van der Waals surface area (Å²) in [5.41, 5.74) is 2.32. The van der Waals surface area contributed by atoms with Crippen LogP contribution >= 0.6 is 33.9 Å². The number of rotatable bonds is 2. The minimum atomic E-state index is 0.655. The minimum absolute atomic E-state index is 0.655. The molecule has 0 aliphatic carbocycles. The number of aromatic nitrogens is 1. The lowest BCUT2D eigenvalue weighted by molar-refractivity contribution is 1.33. The lowest BCUT2D eigenvalue weighted by Crippen LogP contribution is -1.96. The van der Waals surface area contributed by atoms with Gasteiger partial charge in [-0.15, -0.1) is 0 Å². The van der Waals surface area contributed by atoms with E-state index in [-0.39, 0.29) is 0 Å². The maximum atomic E-state index is 4.46. The topological polar surface area (TPSA) is 24.9 Å². The lowest BCUT2D eigenvalue weighted by atomic mass is 10.2. The molecule has 2 rings (SSSR count). The first-order valence-electron chi connectivity index (χ1n) is 4.49. The second kappa shape index (κ2) is 4.81. The highest BCUT2D eigenvalue weighted by atomic mass is 127. The fourth-order valence-electron chi connectivity index (χ4n) is 1.26. The Balaban J connectivity index is 2.25. The number of nitrogens with zero attached hydrogens (tertiary/aromatic N) is 1. The quantitative estimate of drug-likeness (QED) is 0.675. The van der Waals surface area contributed by atoms with Crippen molar-refractivity contribution in [2.45, 2.75) is 6.92 Å². The molecule has 1 aromatic carbocycles. The molecule has 2 aromatic rings. The third-order valence-electron chi connectivity index (χ3n) is 1.94. The van der Waals surface area contributed by atoms with Gasteiger partial charge in [0.2, 0.25) is 0 Å². The van der Waals surface area contributed by atoms with E-state index in [4.69, 9.17) is 0 Å². The van der Waals surface area contributed by atoms with Crippen molar-refractivity contribution in [3.63, 3.8) is 0 Å². The molecule has 76 valence electrons. The van der Waals surface area contributed by atoms with Gasteiger partial charge in [-0.05, 0) is 28.5 Å². The molecule has 15 heavy (non-hydrogen) atoms. The number of fused-ring (bicyclic) bond motifs is 1. The van der Waals surface area contributed by atoms with Crippen molar-refractivity contribution in [3.8, 4) is 9.85 Å². The zero-order valence-corrected chi connectivity index (χ0v) is 11.1. The van der Waals surface area contributed by atoms with Crippen LogP contribution in [-0.4, -0.2) is 11.5 Å². The normalized spacial score (nSPS) is 9.73. The van der Waals surface area contributed by atoms with Crippen molar-refractivity contribution in [1.82, 2.24) is 4.98 Å². The number of hydrogen-bond donors (Lipinski definition) is 1. The number of benzene rings is 1. The zero-order valence-electron chi connectivity index (χ0n) is 8.17. The van der Waals surface area contributed by atoms with Gasteiger partial charge in [0.25, 0.3) is 0 Å². The Labute approximate surface area is 106 Å². The third kappa shape index (κ3) is 2.61. The van der Waals surface area contributed by atoms with Gasteiger partial charge in [0, 0.05) is 22.6 Å². The molecule has 0 spiro atoms. The van der Waals surface area contributed by atoms with Crippen molar-refractivity contribution in [2.24, 2.45) is 0 Å². The first-order chi connectivity index (χ1) is 7.29. The fraction of sp³-hybridized carbons (Fsp3) is 0.182. The maximum absolute atomic E-state index is 4.46. The molecule has 0 radical (unpaired) electrons. The van der Waals surface area contributed by atoms with Crippen LogP contribution in [0.15, 0.2) is 18.2 Å². The standard InChI is InChI=1S/C11H9IN2S/c1-8-3-4-9-10(7-8)15-11(14-9)13-6-2-5-12/h3-4,7H,6H2,1H3,(H,13,14). The molecule has 2 nitrogen and oxygen atoms in total. The fourth-order valence-corrected chi connectivity index (χ4v) is 2.41. The average molecular weight is 328 g/mol. The first kappa shape index (κ1) is 10.7. The Kier molecular flexibility index (Phi) is 3.44. The van der Waals surface area contributed by atoms with Gasteiger partial charge in [0.05, 0.1) is 16.8 Å². The number of anilines is 1. The summed E-state index contributed by atoms with van der Waals surface area (Å²) in [7, 11) is 0. The molecule has 1 heterocycles. The third-order valence-corrected chi connectivity index (χ3v) is 3.30. The molecule has 0 aliphatic heterocycles. The van der Waals surface area contributed by atoms with Crippen molar-refractivity contribution in [1.29, 1.82) is 0 Å². The predicted octanol–water partition coefficient (Wildman–Crippen LogP) is 3.41. The maximum Gasteiger partial charge on any atom is 0.184 e. The van der Waals surface area contributed by atoms with Gasteiger partial charge in [-0.3, -0.25) is 0 Å². The molecule has 0 saturated carbocycles. The zero-order chi connectivity index (χ0) is 10.7. The number of thiazole rings is 1. The van der Waals surface area contributed by atoms with Crippen LogP contribution in [0, 0.1) is 16.8 Å². The number of halogens is 1. The first-order valence-corrected chi connectivity index (χ1v) is 6.38. The van der Waals surface area contributed by atoms with Gasteiger partial charge >= 0.3 is 0 Å². The van der Waals surface area contributed by atoms with E-state index in [1.807, 2.05) is 22.6 Å². The molecule has 0 aliphatic rings. The van der Waals surface area contributed by atoms with Gasteiger partial charge < -0.3 is 5.32 Å². The van der Waals surface area contributed by atoms with Crippen LogP contribution in [0.25, 0.3) is 10.2 Å². The molecule has 0 bridgehead atoms. The Morgan fingerprint density at radius 2 is 2.40 bits per heavy atom. The summed E-state index contributed by atoms with van der Waals surface area (Å²) in [6, 6.07) is 6.29. The second-order valence-corrected chi connectivity index (χ2v) is 4.69. The van der Waals surface area contributed by atoms with E-state index in [2.05, 4.69) is 45.3 Å². The summed E-state index contributed by atoms with van der Waals surface area (Å²) in [6.07, 6.45) is 0. The van der Waals surface area contributed by atoms with E-state index in [1.54, 1.807) is 11.3 Å². The van der Waals surface area contributed by atoms with Crippen LogP contribution in [-0.2, 0) is 0 Å². The summed E-state index contributed by atoms with van der Waals surface area (Å²) in [4.78, 5) is 4.46. The summed E-state index contributed by atoms with van der Waals surface area (Å²) < 4.78 is 4.04. The summed E-state index contributed by atoms with van der Waals surface area (Å²) in [5, 5.41) is 4.12. The highest BCUT2D eigenvalue weighted by Crippen LogP contribution is 2.26. The number of aryl methyl sites for hydroxylation is 1. The number of nitrogens with one attached hydrogen (secondary N) is 1. The Morgan fingerprint density at radius 3 is 3.20 bits per heavy atom. The van der Waals surface area contributed by atoms with Crippen LogP contribution in [0.3, 0.4) is 0 Å². The Hall–Kier alpha value is -0.800. The summed E-state index contributed by atoms with van der Waals surface area (Å²) >= 11 is 3.70. The van der Waals surface area contributed by atoms with Crippen LogP contribution < -0.4 is 5.32 Å². The van der Waals surface area contributed by atoms with Crippen LogP contribution in [0.4, 0.5) is 5.13 Å². The average Bonchev–Trinajstić information content (AvgIpc) is 2.60. The highest BCUT2D eigenvalue weighted by Gasteiger charge is 2.01. The van der Waals surface area contributed by atoms with Crippen molar-refractivity contribution in [2.75, 3.05) is 11.9 Å². The largest absolute Gasteiger partial charge is 0.351 e. The van der Waals surface area contributed by atoms with E-state index in [0.29, 0.717) is 6.54 Å². The summed E-state index contributed by atoms with van der Waals surface area (Å²) in [5.74, 6) is 2.94. The van der Waals surface area contributed by atoms with E-state index < -0.39 is 0 Å². The van der Waals surface area contributed by atoms with Gasteiger partial charge in [-0.2, -0.15) is 0 Å². The lowest BCUT2D eigenvalue weighted by Gasteiger charge is -1.91. The predicted molar refractivity (Wildman–Crippen MR) is 74.6 cm³/mol. The number of hydrogen-bond acceptors (Lipinski definition) is 3. The smallest absolute Gasteiger partial charge is 0.184 e. The monoisotopic (exact) mass is 328 g/mol. The Morgan fingerprint density at radius 1 is 1.53 bits per heavy atom. The molecule has 0 saturated heterocycles. The molecule has 0 atom stereocenters. The minimum Gasteiger partial charge on any atom is -0.351 e. The van der Waals surface area contributed by atoms with Crippen molar-refractivity contribution >= 4 is 49.3 Å². The molecule has 4 heteroatoms. The Bertz CT molecular complexity index is 536. The van der Waals surface area contributed by atoms with Crippen molar-refractivity contribution in [3.05, 3.63) is 23.8 Å². The molecule has 0 amide bonds. The van der Waals surface area contributed by atoms with Crippen LogP contribution in [0.5, 0.6) is 0 Å². The molecular formula is C11H9IN2S. The summed E-state index contributed by atoms with van der Waals surface area (Å²) in [6.45, 7) is 2.75. The molecule has 1 N–H and O–H groups in total. The van der Waals surface area contributed by atoms with E-state index in [1.165, 1.54) is 10.3 Å². The van der Waals surface area contributed by atoms with Gasteiger partial charge in [-0.25, -0.2) is 4.98 Å². The SMILES string of the molecule is Cc1ccc2nc(NCC#CI)sc2c1. The second-order valence-electron chi connectivity index (χ2n) is 3.12. The van der Waals surface area contributed by atoms with Gasteiger partial charge in [-0.1, -0.05) is 23.3 Å². The highest BCUT2D eigenvalue weighted by molar-refractivity contribution is 14.1. The van der Waals surface area contributed by atoms with Crippen LogP contribution in [0.1, 0.15) is 5.56 Å². The molecule has 0 unspecified atom stereocenters. The van der Waals surface area contributed by atoms with E-state index in [9.17, 15) is 0 Å². The van der Waals surface area contributed by atoms with E-state index >= 15 is 0 Å². The molecule has 1 aromatic heterocycles. The van der Waals surface area contributed by atoms with Gasteiger partial charge in [0.1, 0.15) is 0 Å². The van der Waals surface area contributed by atoms with Crippen LogP contribution in [0.2, 0.25) is 0 Å². The van der Waals surface area contributed by atoms with Crippen molar-refractivity contribution < 1.29 is 0 Å². The van der Waals surface area contributed by atoms with Gasteiger partial charge in [0.15, 0.2) is 5.13 Å². The van der Waals surface area contributed by atoms with E-state index in [0.717, 1.165) is 10.6 Å². The molecular weight excluding hydrogens is 319 g/mol. The molecule has 0 fully saturated rings.